The van der Waals surface area contributed by atoms with Gasteiger partial charge in [0.15, 0.2) is 5.96 Å². The summed E-state index contributed by atoms with van der Waals surface area (Å²) in [6, 6.07) is 9.71. The molecule has 0 saturated carbocycles. The van der Waals surface area contributed by atoms with E-state index in [0.717, 1.165) is 18.1 Å². The Morgan fingerprint density at radius 2 is 2.00 bits per heavy atom. The lowest BCUT2D eigenvalue weighted by molar-refractivity contribution is 0.187. The standard InChI is InChI=1S/C18H24N4O2S/c1-13(15-8-9-25-12-15)10-20-17(19-2)21-11-14-4-6-16(7-5-14)22-18(23)24-3/h4-9,12-13H,10-11H2,1-3H3,(H,22,23)(H2,19,20,21). The fraction of sp³-hybridized carbons (Fsp3) is 0.333. The Hall–Kier alpha value is -2.54. The van der Waals surface area contributed by atoms with Crippen LogP contribution in [0.4, 0.5) is 10.5 Å². The maximum Gasteiger partial charge on any atom is 0.411 e. The number of thiophene rings is 1. The summed E-state index contributed by atoms with van der Waals surface area (Å²) in [5.74, 6) is 1.19. The molecular weight excluding hydrogens is 336 g/mol. The van der Waals surface area contributed by atoms with E-state index in [9.17, 15) is 4.79 Å². The molecule has 0 radical (unpaired) electrons. The zero-order valence-electron chi connectivity index (χ0n) is 14.7. The maximum absolute atomic E-state index is 11.2. The number of rotatable bonds is 6. The zero-order valence-corrected chi connectivity index (χ0v) is 15.5. The van der Waals surface area contributed by atoms with Gasteiger partial charge in [0.1, 0.15) is 0 Å². The normalized spacial score (nSPS) is 12.4. The molecule has 0 bridgehead atoms. The van der Waals surface area contributed by atoms with E-state index in [2.05, 4.69) is 49.4 Å². The minimum Gasteiger partial charge on any atom is -0.453 e. The quantitative estimate of drug-likeness (QED) is 0.545. The van der Waals surface area contributed by atoms with Gasteiger partial charge in [-0.1, -0.05) is 19.1 Å². The van der Waals surface area contributed by atoms with Crippen LogP contribution in [-0.2, 0) is 11.3 Å². The molecule has 0 fully saturated rings. The summed E-state index contributed by atoms with van der Waals surface area (Å²) in [5, 5.41) is 13.5. The van der Waals surface area contributed by atoms with E-state index < -0.39 is 6.09 Å². The number of aliphatic imine (C=N–C) groups is 1. The topological polar surface area (TPSA) is 74.8 Å². The van der Waals surface area contributed by atoms with Gasteiger partial charge in [0, 0.05) is 25.8 Å². The van der Waals surface area contributed by atoms with Crippen LogP contribution in [0.3, 0.4) is 0 Å². The van der Waals surface area contributed by atoms with Gasteiger partial charge in [-0.15, -0.1) is 0 Å². The third kappa shape index (κ3) is 6.11. The molecule has 1 unspecified atom stereocenters. The highest BCUT2D eigenvalue weighted by molar-refractivity contribution is 7.07. The Balaban J connectivity index is 1.79. The number of carbonyl (C=O) groups excluding carboxylic acids is 1. The molecule has 2 aromatic rings. The number of hydrogen-bond donors (Lipinski definition) is 3. The molecule has 0 saturated heterocycles. The van der Waals surface area contributed by atoms with Crippen LogP contribution >= 0.6 is 11.3 Å². The molecule has 25 heavy (non-hydrogen) atoms. The first-order valence-electron chi connectivity index (χ1n) is 8.03. The smallest absolute Gasteiger partial charge is 0.411 e. The van der Waals surface area contributed by atoms with Gasteiger partial charge in [0.05, 0.1) is 7.11 Å². The molecular formula is C18H24N4O2S. The lowest BCUT2D eigenvalue weighted by Gasteiger charge is -2.15. The van der Waals surface area contributed by atoms with Crippen LogP contribution in [0.2, 0.25) is 0 Å². The summed E-state index contributed by atoms with van der Waals surface area (Å²) >= 11 is 1.71. The number of nitrogens with zero attached hydrogens (tertiary/aromatic N) is 1. The van der Waals surface area contributed by atoms with E-state index in [1.807, 2.05) is 24.3 Å². The highest BCUT2D eigenvalue weighted by atomic mass is 32.1. The molecule has 0 spiro atoms. The predicted molar refractivity (Wildman–Crippen MR) is 103 cm³/mol. The van der Waals surface area contributed by atoms with Crippen LogP contribution < -0.4 is 16.0 Å². The molecule has 134 valence electrons. The van der Waals surface area contributed by atoms with Gasteiger partial charge in [-0.25, -0.2) is 4.79 Å². The van der Waals surface area contributed by atoms with Gasteiger partial charge in [0.25, 0.3) is 0 Å². The second kappa shape index (κ2) is 9.68. The number of guanidine groups is 1. The molecule has 6 nitrogen and oxygen atoms in total. The maximum atomic E-state index is 11.2. The number of carbonyl (C=O) groups is 1. The van der Waals surface area contributed by atoms with Crippen LogP contribution in [0, 0.1) is 0 Å². The number of nitrogens with one attached hydrogen (secondary N) is 3. The Labute approximate surface area is 152 Å². The van der Waals surface area contributed by atoms with E-state index in [-0.39, 0.29) is 0 Å². The summed E-state index contributed by atoms with van der Waals surface area (Å²) in [7, 11) is 3.10. The number of ether oxygens (including phenoxy) is 1. The molecule has 1 heterocycles. The number of amides is 1. The highest BCUT2D eigenvalue weighted by Crippen LogP contribution is 2.17. The second-order valence-corrected chi connectivity index (χ2v) is 6.36. The van der Waals surface area contributed by atoms with Crippen molar-refractivity contribution in [2.75, 3.05) is 26.0 Å². The Kier molecular flexibility index (Phi) is 7.28. The highest BCUT2D eigenvalue weighted by Gasteiger charge is 2.07. The van der Waals surface area contributed by atoms with Crippen LogP contribution in [0.25, 0.3) is 0 Å². The number of methoxy groups -OCH3 is 1. The zero-order chi connectivity index (χ0) is 18.1. The van der Waals surface area contributed by atoms with Crippen molar-refractivity contribution in [2.24, 2.45) is 4.99 Å². The van der Waals surface area contributed by atoms with Gasteiger partial charge in [0.2, 0.25) is 0 Å². The Bertz CT molecular complexity index is 684. The van der Waals surface area contributed by atoms with Gasteiger partial charge >= 0.3 is 6.09 Å². The summed E-state index contributed by atoms with van der Waals surface area (Å²) in [6.45, 7) is 3.65. The SMILES string of the molecule is CN=C(NCc1ccc(NC(=O)OC)cc1)NCC(C)c1ccsc1. The molecule has 0 aliphatic rings. The molecule has 3 N–H and O–H groups in total. The Morgan fingerprint density at radius 3 is 2.60 bits per heavy atom. The third-order valence-electron chi connectivity index (χ3n) is 3.76. The van der Waals surface area contributed by atoms with E-state index in [4.69, 9.17) is 0 Å². The van der Waals surface area contributed by atoms with Crippen molar-refractivity contribution in [3.8, 4) is 0 Å². The summed E-state index contributed by atoms with van der Waals surface area (Å²) in [4.78, 5) is 15.4. The summed E-state index contributed by atoms with van der Waals surface area (Å²) < 4.78 is 4.57. The molecule has 0 aliphatic heterocycles. The largest absolute Gasteiger partial charge is 0.453 e. The van der Waals surface area contributed by atoms with Gasteiger partial charge in [-0.3, -0.25) is 10.3 Å². The van der Waals surface area contributed by atoms with Gasteiger partial charge in [-0.05, 0) is 46.0 Å². The van der Waals surface area contributed by atoms with E-state index in [0.29, 0.717) is 18.2 Å². The molecule has 0 aliphatic carbocycles. The first kappa shape index (κ1) is 18.8. The number of hydrogen-bond acceptors (Lipinski definition) is 4. The first-order chi connectivity index (χ1) is 12.1. The lowest BCUT2D eigenvalue weighted by Crippen LogP contribution is -2.38. The minimum atomic E-state index is -0.477. The van der Waals surface area contributed by atoms with Crippen molar-refractivity contribution >= 4 is 29.1 Å². The van der Waals surface area contributed by atoms with Crippen molar-refractivity contribution in [1.82, 2.24) is 10.6 Å². The Morgan fingerprint density at radius 1 is 1.24 bits per heavy atom. The lowest BCUT2D eigenvalue weighted by atomic mass is 10.1. The predicted octanol–water partition coefficient (Wildman–Crippen LogP) is 3.40. The molecule has 1 aromatic carbocycles. The average Bonchev–Trinajstić information content (AvgIpc) is 3.17. The van der Waals surface area contributed by atoms with Crippen LogP contribution in [0.5, 0.6) is 0 Å². The average molecular weight is 360 g/mol. The second-order valence-electron chi connectivity index (χ2n) is 5.58. The van der Waals surface area contributed by atoms with E-state index in [1.165, 1.54) is 12.7 Å². The fourth-order valence-corrected chi connectivity index (χ4v) is 2.99. The molecule has 1 aromatic heterocycles. The molecule has 2 rings (SSSR count). The van der Waals surface area contributed by atoms with Crippen molar-refractivity contribution in [1.29, 1.82) is 0 Å². The minimum absolute atomic E-state index is 0.425. The van der Waals surface area contributed by atoms with Gasteiger partial charge < -0.3 is 15.4 Å². The first-order valence-corrected chi connectivity index (χ1v) is 8.97. The van der Waals surface area contributed by atoms with Crippen molar-refractivity contribution in [3.05, 3.63) is 52.2 Å². The third-order valence-corrected chi connectivity index (χ3v) is 4.46. The molecule has 1 atom stereocenters. The van der Waals surface area contributed by atoms with Gasteiger partial charge in [-0.2, -0.15) is 11.3 Å². The summed E-state index contributed by atoms with van der Waals surface area (Å²) in [5.41, 5.74) is 3.12. The van der Waals surface area contributed by atoms with Crippen molar-refractivity contribution in [2.45, 2.75) is 19.4 Å². The molecule has 7 heteroatoms. The van der Waals surface area contributed by atoms with E-state index in [1.54, 1.807) is 18.4 Å². The van der Waals surface area contributed by atoms with Crippen molar-refractivity contribution in [3.63, 3.8) is 0 Å². The summed E-state index contributed by atoms with van der Waals surface area (Å²) in [6.07, 6.45) is -0.477. The fourth-order valence-electron chi connectivity index (χ4n) is 2.20. The van der Waals surface area contributed by atoms with Crippen LogP contribution in [0.1, 0.15) is 24.0 Å². The molecule has 1 amide bonds. The van der Waals surface area contributed by atoms with Crippen LogP contribution in [-0.4, -0.2) is 32.8 Å². The van der Waals surface area contributed by atoms with Crippen LogP contribution in [0.15, 0.2) is 46.1 Å². The van der Waals surface area contributed by atoms with Crippen molar-refractivity contribution < 1.29 is 9.53 Å². The van der Waals surface area contributed by atoms with E-state index >= 15 is 0 Å². The monoisotopic (exact) mass is 360 g/mol. The number of anilines is 1. The number of benzene rings is 1.